The number of rotatable bonds is 3. The van der Waals surface area contributed by atoms with Gasteiger partial charge in [0.1, 0.15) is 5.56 Å². The predicted octanol–water partition coefficient (Wildman–Crippen LogP) is 2.51. The minimum Gasteiger partial charge on any atom is -0.355 e. The molecular weight excluding hydrogens is 254 g/mol. The number of halogens is 2. The highest BCUT2D eigenvalue weighted by Gasteiger charge is 2.26. The smallest absolute Gasteiger partial charge is 0.257 e. The number of benzene rings is 1. The first kappa shape index (κ1) is 11.8. The molecule has 1 aliphatic rings. The Kier molecular flexibility index (Phi) is 2.77. The van der Waals surface area contributed by atoms with Gasteiger partial charge in [-0.15, -0.1) is 0 Å². The third kappa shape index (κ3) is 2.33. The fourth-order valence-electron chi connectivity index (χ4n) is 1.74. The van der Waals surface area contributed by atoms with Gasteiger partial charge in [0.2, 0.25) is 0 Å². The summed E-state index contributed by atoms with van der Waals surface area (Å²) in [6, 6.07) is 3.49. The summed E-state index contributed by atoms with van der Waals surface area (Å²) in [5.74, 6) is -2.13. The number of amides is 1. The van der Waals surface area contributed by atoms with Gasteiger partial charge in [-0.05, 0) is 31.0 Å². The fourth-order valence-corrected chi connectivity index (χ4v) is 1.74. The average molecular weight is 264 g/mol. The highest BCUT2D eigenvalue weighted by molar-refractivity contribution is 5.99. The summed E-state index contributed by atoms with van der Waals surface area (Å²) in [5, 5.41) is 6.33. The van der Waals surface area contributed by atoms with Gasteiger partial charge in [-0.2, -0.15) is 0 Å². The van der Waals surface area contributed by atoms with Gasteiger partial charge in [0.15, 0.2) is 17.4 Å². The molecule has 1 aromatic carbocycles. The maximum absolute atomic E-state index is 13.2. The van der Waals surface area contributed by atoms with Crippen molar-refractivity contribution in [3.63, 3.8) is 0 Å². The molecule has 0 aliphatic heterocycles. The second-order valence-electron chi connectivity index (χ2n) is 4.45. The van der Waals surface area contributed by atoms with Crippen LogP contribution in [0, 0.1) is 11.6 Å². The van der Waals surface area contributed by atoms with Gasteiger partial charge in [0.05, 0.1) is 6.20 Å². The lowest BCUT2D eigenvalue weighted by Crippen LogP contribution is -2.25. The van der Waals surface area contributed by atoms with E-state index in [4.69, 9.17) is 4.52 Å². The number of nitrogens with zero attached hydrogens (tertiary/aromatic N) is 1. The number of aromatic nitrogens is 1. The van der Waals surface area contributed by atoms with E-state index in [1.165, 1.54) is 12.3 Å². The predicted molar refractivity (Wildman–Crippen MR) is 62.3 cm³/mol. The SMILES string of the molecule is O=C(NC1CC1)c1cnoc1-c1ccc(F)c(F)c1. The van der Waals surface area contributed by atoms with Crippen molar-refractivity contribution in [1.82, 2.24) is 10.5 Å². The van der Waals surface area contributed by atoms with Crippen molar-refractivity contribution < 1.29 is 18.1 Å². The normalized spacial score (nSPS) is 14.4. The Morgan fingerprint density at radius 3 is 2.79 bits per heavy atom. The molecule has 0 radical (unpaired) electrons. The topological polar surface area (TPSA) is 55.1 Å². The third-order valence-electron chi connectivity index (χ3n) is 2.91. The summed E-state index contributed by atoms with van der Waals surface area (Å²) in [6.07, 6.45) is 3.18. The van der Waals surface area contributed by atoms with Crippen LogP contribution in [0.15, 0.2) is 28.9 Å². The Labute approximate surface area is 107 Å². The molecule has 1 amide bonds. The number of carbonyl (C=O) groups excluding carboxylic acids is 1. The molecule has 1 fully saturated rings. The molecule has 0 atom stereocenters. The van der Waals surface area contributed by atoms with Crippen LogP contribution in [0.5, 0.6) is 0 Å². The summed E-state index contributed by atoms with van der Waals surface area (Å²) in [4.78, 5) is 11.9. The lowest BCUT2D eigenvalue weighted by Gasteiger charge is -2.03. The van der Waals surface area contributed by atoms with Crippen molar-refractivity contribution in [3.05, 3.63) is 41.6 Å². The second-order valence-corrected chi connectivity index (χ2v) is 4.45. The molecule has 1 aliphatic carbocycles. The second kappa shape index (κ2) is 4.46. The van der Waals surface area contributed by atoms with Crippen LogP contribution in [0.3, 0.4) is 0 Å². The quantitative estimate of drug-likeness (QED) is 0.926. The van der Waals surface area contributed by atoms with Crippen LogP contribution in [0.1, 0.15) is 23.2 Å². The van der Waals surface area contributed by atoms with Gasteiger partial charge >= 0.3 is 0 Å². The molecule has 0 saturated heterocycles. The van der Waals surface area contributed by atoms with E-state index in [0.717, 1.165) is 25.0 Å². The van der Waals surface area contributed by atoms with Crippen LogP contribution in [-0.2, 0) is 0 Å². The average Bonchev–Trinajstić information content (AvgIpc) is 3.06. The van der Waals surface area contributed by atoms with Crippen molar-refractivity contribution in [2.45, 2.75) is 18.9 Å². The van der Waals surface area contributed by atoms with Crippen LogP contribution < -0.4 is 5.32 Å². The van der Waals surface area contributed by atoms with Gasteiger partial charge in [-0.1, -0.05) is 5.16 Å². The van der Waals surface area contributed by atoms with Crippen LogP contribution in [0.25, 0.3) is 11.3 Å². The minimum absolute atomic E-state index is 0.136. The van der Waals surface area contributed by atoms with E-state index in [1.807, 2.05) is 0 Å². The Morgan fingerprint density at radius 1 is 1.32 bits per heavy atom. The van der Waals surface area contributed by atoms with Crippen LogP contribution >= 0.6 is 0 Å². The number of nitrogens with one attached hydrogen (secondary N) is 1. The maximum Gasteiger partial charge on any atom is 0.257 e. The Morgan fingerprint density at radius 2 is 2.11 bits per heavy atom. The van der Waals surface area contributed by atoms with E-state index in [1.54, 1.807) is 0 Å². The molecule has 1 heterocycles. The highest BCUT2D eigenvalue weighted by atomic mass is 19.2. The molecule has 4 nitrogen and oxygen atoms in total. The molecule has 2 aromatic rings. The van der Waals surface area contributed by atoms with Gasteiger partial charge < -0.3 is 9.84 Å². The molecule has 98 valence electrons. The van der Waals surface area contributed by atoms with Crippen LogP contribution in [0.4, 0.5) is 8.78 Å². The summed E-state index contributed by atoms with van der Waals surface area (Å²) in [7, 11) is 0. The third-order valence-corrected chi connectivity index (χ3v) is 2.91. The Hall–Kier alpha value is -2.24. The summed E-state index contributed by atoms with van der Waals surface area (Å²) < 4.78 is 31.0. The Balaban J connectivity index is 1.93. The van der Waals surface area contributed by atoms with Crippen molar-refractivity contribution >= 4 is 5.91 Å². The van der Waals surface area contributed by atoms with Crippen molar-refractivity contribution in [3.8, 4) is 11.3 Å². The molecule has 1 N–H and O–H groups in total. The summed E-state index contributed by atoms with van der Waals surface area (Å²) in [5.41, 5.74) is 0.496. The molecular formula is C13H10F2N2O2. The zero-order valence-electron chi connectivity index (χ0n) is 9.82. The van der Waals surface area contributed by atoms with Crippen molar-refractivity contribution in [2.24, 2.45) is 0 Å². The van der Waals surface area contributed by atoms with E-state index in [0.29, 0.717) is 0 Å². The number of hydrogen-bond acceptors (Lipinski definition) is 3. The van der Waals surface area contributed by atoms with E-state index in [-0.39, 0.29) is 28.8 Å². The van der Waals surface area contributed by atoms with Gasteiger partial charge in [0.25, 0.3) is 5.91 Å². The molecule has 1 aromatic heterocycles. The minimum atomic E-state index is -0.998. The standard InChI is InChI=1S/C13H10F2N2O2/c14-10-4-1-7(5-11(10)15)12-9(6-16-19-12)13(18)17-8-2-3-8/h1,4-6,8H,2-3H2,(H,17,18). The number of carbonyl (C=O) groups is 1. The highest BCUT2D eigenvalue weighted by Crippen LogP contribution is 2.26. The summed E-state index contributed by atoms with van der Waals surface area (Å²) >= 11 is 0. The molecule has 0 unspecified atom stereocenters. The van der Waals surface area contributed by atoms with Crippen molar-refractivity contribution in [1.29, 1.82) is 0 Å². The van der Waals surface area contributed by atoms with E-state index < -0.39 is 11.6 Å². The maximum atomic E-state index is 13.2. The Bertz CT molecular complexity index is 635. The van der Waals surface area contributed by atoms with Gasteiger partial charge in [-0.3, -0.25) is 4.79 Å². The molecule has 3 rings (SSSR count). The lowest BCUT2D eigenvalue weighted by molar-refractivity contribution is 0.0951. The monoisotopic (exact) mass is 264 g/mol. The molecule has 0 spiro atoms. The van der Waals surface area contributed by atoms with E-state index in [9.17, 15) is 13.6 Å². The van der Waals surface area contributed by atoms with Gasteiger partial charge in [-0.25, -0.2) is 8.78 Å². The van der Waals surface area contributed by atoms with Crippen LogP contribution in [-0.4, -0.2) is 17.1 Å². The fraction of sp³-hybridized carbons (Fsp3) is 0.231. The number of hydrogen-bond donors (Lipinski definition) is 1. The first-order valence-corrected chi connectivity index (χ1v) is 5.86. The van der Waals surface area contributed by atoms with Crippen molar-refractivity contribution in [2.75, 3.05) is 0 Å². The van der Waals surface area contributed by atoms with E-state index in [2.05, 4.69) is 10.5 Å². The molecule has 0 bridgehead atoms. The molecule has 19 heavy (non-hydrogen) atoms. The first-order valence-electron chi connectivity index (χ1n) is 5.86. The largest absolute Gasteiger partial charge is 0.355 e. The molecule has 1 saturated carbocycles. The zero-order chi connectivity index (χ0) is 13.4. The zero-order valence-corrected chi connectivity index (χ0v) is 9.82. The first-order chi connectivity index (χ1) is 9.15. The van der Waals surface area contributed by atoms with E-state index >= 15 is 0 Å². The van der Waals surface area contributed by atoms with Crippen LogP contribution in [0.2, 0.25) is 0 Å². The molecule has 6 heteroatoms. The lowest BCUT2D eigenvalue weighted by atomic mass is 10.1. The summed E-state index contributed by atoms with van der Waals surface area (Å²) in [6.45, 7) is 0. The van der Waals surface area contributed by atoms with Gasteiger partial charge in [0, 0.05) is 11.6 Å².